The van der Waals surface area contributed by atoms with E-state index in [9.17, 15) is 4.79 Å². The zero-order valence-electron chi connectivity index (χ0n) is 13.9. The summed E-state index contributed by atoms with van der Waals surface area (Å²) in [5, 5.41) is 3.03. The average Bonchev–Trinajstić information content (AvgIpc) is 2.52. The van der Waals surface area contributed by atoms with Gasteiger partial charge in [0.1, 0.15) is 5.75 Å². The summed E-state index contributed by atoms with van der Waals surface area (Å²) >= 11 is 0. The van der Waals surface area contributed by atoms with Crippen LogP contribution in [0.2, 0.25) is 0 Å². The highest BCUT2D eigenvalue weighted by Gasteiger charge is 2.24. The SMILES string of the molecule is Cc1ccc(OCCCCNC(=O)C2CCCC(N)C2)cc1.Cl. The van der Waals surface area contributed by atoms with Crippen LogP contribution in [-0.4, -0.2) is 25.1 Å². The molecule has 1 aliphatic carbocycles. The molecule has 130 valence electrons. The van der Waals surface area contributed by atoms with Crippen molar-refractivity contribution in [2.24, 2.45) is 11.7 Å². The molecule has 1 fully saturated rings. The minimum absolute atomic E-state index is 0. The van der Waals surface area contributed by atoms with Crippen molar-refractivity contribution in [1.82, 2.24) is 5.32 Å². The van der Waals surface area contributed by atoms with Gasteiger partial charge >= 0.3 is 0 Å². The molecule has 5 heteroatoms. The highest BCUT2D eigenvalue weighted by Crippen LogP contribution is 2.23. The molecule has 1 aromatic rings. The molecule has 1 aliphatic rings. The Bertz CT molecular complexity index is 465. The van der Waals surface area contributed by atoms with Gasteiger partial charge in [-0.15, -0.1) is 12.4 Å². The lowest BCUT2D eigenvalue weighted by molar-refractivity contribution is -0.126. The Labute approximate surface area is 145 Å². The van der Waals surface area contributed by atoms with Gasteiger partial charge in [-0.05, 0) is 51.2 Å². The number of hydrogen-bond donors (Lipinski definition) is 2. The summed E-state index contributed by atoms with van der Waals surface area (Å²) in [5.74, 6) is 1.20. The van der Waals surface area contributed by atoms with E-state index in [-0.39, 0.29) is 30.3 Å². The molecule has 2 rings (SSSR count). The van der Waals surface area contributed by atoms with E-state index in [1.165, 1.54) is 5.56 Å². The molecule has 4 nitrogen and oxygen atoms in total. The number of hydrogen-bond acceptors (Lipinski definition) is 3. The molecule has 0 heterocycles. The smallest absolute Gasteiger partial charge is 0.223 e. The minimum Gasteiger partial charge on any atom is -0.494 e. The summed E-state index contributed by atoms with van der Waals surface area (Å²) < 4.78 is 5.67. The second kappa shape index (κ2) is 10.5. The van der Waals surface area contributed by atoms with Gasteiger partial charge in [0, 0.05) is 18.5 Å². The van der Waals surface area contributed by atoms with E-state index >= 15 is 0 Å². The van der Waals surface area contributed by atoms with Crippen LogP contribution in [-0.2, 0) is 4.79 Å². The van der Waals surface area contributed by atoms with E-state index in [1.807, 2.05) is 24.3 Å². The summed E-state index contributed by atoms with van der Waals surface area (Å²) in [7, 11) is 0. The summed E-state index contributed by atoms with van der Waals surface area (Å²) in [6.45, 7) is 3.47. The van der Waals surface area contributed by atoms with Crippen LogP contribution in [0, 0.1) is 12.8 Å². The van der Waals surface area contributed by atoms with Crippen molar-refractivity contribution in [3.63, 3.8) is 0 Å². The topological polar surface area (TPSA) is 64.3 Å². The lowest BCUT2D eigenvalue weighted by Crippen LogP contribution is -2.38. The van der Waals surface area contributed by atoms with Gasteiger partial charge < -0.3 is 15.8 Å². The lowest BCUT2D eigenvalue weighted by atomic mass is 9.85. The highest BCUT2D eigenvalue weighted by atomic mass is 35.5. The summed E-state index contributed by atoms with van der Waals surface area (Å²) in [4.78, 5) is 12.0. The van der Waals surface area contributed by atoms with Crippen molar-refractivity contribution in [3.8, 4) is 5.75 Å². The van der Waals surface area contributed by atoms with Gasteiger partial charge in [0.15, 0.2) is 0 Å². The maximum Gasteiger partial charge on any atom is 0.223 e. The number of unbranched alkanes of at least 4 members (excludes halogenated alkanes) is 1. The van der Waals surface area contributed by atoms with Crippen LogP contribution in [0.3, 0.4) is 0 Å². The van der Waals surface area contributed by atoms with Gasteiger partial charge in [0.25, 0.3) is 0 Å². The van der Waals surface area contributed by atoms with Crippen molar-refractivity contribution in [2.75, 3.05) is 13.2 Å². The molecular formula is C18H29ClN2O2. The first-order valence-corrected chi connectivity index (χ1v) is 8.38. The minimum atomic E-state index is 0. The predicted octanol–water partition coefficient (Wildman–Crippen LogP) is 3.21. The Morgan fingerprint density at radius 3 is 2.70 bits per heavy atom. The zero-order chi connectivity index (χ0) is 15.8. The molecule has 0 radical (unpaired) electrons. The zero-order valence-corrected chi connectivity index (χ0v) is 14.7. The van der Waals surface area contributed by atoms with Crippen LogP contribution < -0.4 is 15.8 Å². The van der Waals surface area contributed by atoms with Gasteiger partial charge in [0.2, 0.25) is 5.91 Å². The van der Waals surface area contributed by atoms with E-state index < -0.39 is 0 Å². The number of aryl methyl sites for hydroxylation is 1. The number of ether oxygens (including phenoxy) is 1. The Hall–Kier alpha value is -1.26. The van der Waals surface area contributed by atoms with Crippen LogP contribution >= 0.6 is 12.4 Å². The lowest BCUT2D eigenvalue weighted by Gasteiger charge is -2.25. The fourth-order valence-corrected chi connectivity index (χ4v) is 2.87. The Balaban J connectivity index is 0.00000264. The van der Waals surface area contributed by atoms with E-state index in [4.69, 9.17) is 10.5 Å². The first kappa shape index (κ1) is 19.8. The van der Waals surface area contributed by atoms with Gasteiger partial charge in [-0.3, -0.25) is 4.79 Å². The number of nitrogens with one attached hydrogen (secondary N) is 1. The molecule has 0 spiro atoms. The Kier molecular flexibility index (Phi) is 9.03. The second-order valence-corrected chi connectivity index (χ2v) is 6.28. The highest BCUT2D eigenvalue weighted by molar-refractivity contribution is 5.85. The first-order valence-electron chi connectivity index (χ1n) is 8.38. The van der Waals surface area contributed by atoms with Gasteiger partial charge in [-0.2, -0.15) is 0 Å². The molecule has 0 aliphatic heterocycles. The molecule has 0 saturated heterocycles. The van der Waals surface area contributed by atoms with Crippen LogP contribution in [0.5, 0.6) is 5.75 Å². The first-order chi connectivity index (χ1) is 10.6. The molecule has 3 N–H and O–H groups in total. The van der Waals surface area contributed by atoms with Crippen molar-refractivity contribution in [2.45, 2.75) is 51.5 Å². The predicted molar refractivity (Wildman–Crippen MR) is 96.1 cm³/mol. The van der Waals surface area contributed by atoms with Crippen molar-refractivity contribution in [1.29, 1.82) is 0 Å². The van der Waals surface area contributed by atoms with Gasteiger partial charge in [0.05, 0.1) is 6.61 Å². The molecule has 1 saturated carbocycles. The third kappa shape index (κ3) is 7.23. The molecule has 2 atom stereocenters. The summed E-state index contributed by atoms with van der Waals surface area (Å²) in [5.41, 5.74) is 7.16. The summed E-state index contributed by atoms with van der Waals surface area (Å²) in [6.07, 6.45) is 5.83. The quantitative estimate of drug-likeness (QED) is 0.749. The monoisotopic (exact) mass is 340 g/mol. The maximum absolute atomic E-state index is 12.0. The fourth-order valence-electron chi connectivity index (χ4n) is 2.87. The van der Waals surface area contributed by atoms with E-state index in [0.717, 1.165) is 50.8 Å². The van der Waals surface area contributed by atoms with Gasteiger partial charge in [-0.1, -0.05) is 24.1 Å². The fraction of sp³-hybridized carbons (Fsp3) is 0.611. The van der Waals surface area contributed by atoms with Crippen molar-refractivity contribution in [3.05, 3.63) is 29.8 Å². The molecular weight excluding hydrogens is 312 g/mol. The Morgan fingerprint density at radius 2 is 2.00 bits per heavy atom. The van der Waals surface area contributed by atoms with Gasteiger partial charge in [-0.25, -0.2) is 0 Å². The molecule has 23 heavy (non-hydrogen) atoms. The van der Waals surface area contributed by atoms with Crippen LogP contribution in [0.25, 0.3) is 0 Å². The number of halogens is 1. The summed E-state index contributed by atoms with van der Waals surface area (Å²) in [6, 6.07) is 8.27. The van der Waals surface area contributed by atoms with E-state index in [2.05, 4.69) is 12.2 Å². The van der Waals surface area contributed by atoms with Crippen LogP contribution in [0.15, 0.2) is 24.3 Å². The van der Waals surface area contributed by atoms with Crippen molar-refractivity contribution < 1.29 is 9.53 Å². The third-order valence-electron chi connectivity index (χ3n) is 4.25. The second-order valence-electron chi connectivity index (χ2n) is 6.28. The number of nitrogens with two attached hydrogens (primary N) is 1. The maximum atomic E-state index is 12.0. The normalized spacial score (nSPS) is 20.4. The number of carbonyl (C=O) groups excluding carboxylic acids is 1. The number of benzene rings is 1. The largest absolute Gasteiger partial charge is 0.494 e. The third-order valence-corrected chi connectivity index (χ3v) is 4.25. The standard InChI is InChI=1S/C18H28N2O2.ClH/c1-14-7-9-17(10-8-14)22-12-3-2-11-20-18(21)15-5-4-6-16(19)13-15;/h7-10,15-16H,2-6,11-13,19H2,1H3,(H,20,21);1H. The van der Waals surface area contributed by atoms with Crippen LogP contribution in [0.4, 0.5) is 0 Å². The molecule has 2 unspecified atom stereocenters. The van der Waals surface area contributed by atoms with Crippen molar-refractivity contribution >= 4 is 18.3 Å². The molecule has 1 amide bonds. The molecule has 0 aromatic heterocycles. The average molecular weight is 341 g/mol. The van der Waals surface area contributed by atoms with E-state index in [1.54, 1.807) is 0 Å². The molecule has 0 bridgehead atoms. The van der Waals surface area contributed by atoms with Crippen LogP contribution in [0.1, 0.15) is 44.1 Å². The van der Waals surface area contributed by atoms with E-state index in [0.29, 0.717) is 6.61 Å². The number of carbonyl (C=O) groups is 1. The molecule has 1 aromatic carbocycles. The Morgan fingerprint density at radius 1 is 1.26 bits per heavy atom. The number of rotatable bonds is 7. The number of amides is 1.